The maximum atomic E-state index is 11.7. The highest BCUT2D eigenvalue weighted by Gasteiger charge is 2.21. The molecule has 90 valence electrons. The fourth-order valence-corrected chi connectivity index (χ4v) is 1.70. The third kappa shape index (κ3) is 1.71. The van der Waals surface area contributed by atoms with Gasteiger partial charge in [0.2, 0.25) is 5.88 Å². The summed E-state index contributed by atoms with van der Waals surface area (Å²) >= 11 is 0. The zero-order chi connectivity index (χ0) is 12.6. The van der Waals surface area contributed by atoms with Gasteiger partial charge < -0.3 is 9.47 Å². The van der Waals surface area contributed by atoms with Crippen molar-refractivity contribution in [3.63, 3.8) is 0 Å². The number of aryl methyl sites for hydroxylation is 2. The zero-order valence-corrected chi connectivity index (χ0v) is 10.1. The van der Waals surface area contributed by atoms with Gasteiger partial charge in [0.05, 0.1) is 19.9 Å². The van der Waals surface area contributed by atoms with E-state index < -0.39 is 5.97 Å². The van der Waals surface area contributed by atoms with Crippen LogP contribution in [0.25, 0.3) is 5.65 Å². The molecule has 2 aromatic rings. The molecule has 0 saturated carbocycles. The minimum Gasteiger partial charge on any atom is -0.481 e. The van der Waals surface area contributed by atoms with Gasteiger partial charge in [-0.05, 0) is 13.8 Å². The van der Waals surface area contributed by atoms with Crippen LogP contribution < -0.4 is 4.74 Å². The molecule has 2 heterocycles. The van der Waals surface area contributed by atoms with Crippen LogP contribution in [0.5, 0.6) is 5.88 Å². The molecule has 0 unspecified atom stereocenters. The standard InChI is InChI=1S/C11H13N3O3/c1-6-5-8(16-3)14-10(12-6)9(7(2)13-14)11(15)17-4/h5H,1-4H3. The van der Waals surface area contributed by atoms with Gasteiger partial charge in [0.1, 0.15) is 5.56 Å². The number of rotatable bonds is 2. The Hall–Kier alpha value is -2.11. The molecule has 6 nitrogen and oxygen atoms in total. The molecule has 0 saturated heterocycles. The minimum absolute atomic E-state index is 0.370. The van der Waals surface area contributed by atoms with Crippen molar-refractivity contribution in [3.8, 4) is 5.88 Å². The predicted octanol–water partition coefficient (Wildman–Crippen LogP) is 1.14. The first kappa shape index (κ1) is 11.4. The van der Waals surface area contributed by atoms with Crippen molar-refractivity contribution < 1.29 is 14.3 Å². The monoisotopic (exact) mass is 235 g/mol. The lowest BCUT2D eigenvalue weighted by atomic mass is 10.2. The maximum absolute atomic E-state index is 11.7. The van der Waals surface area contributed by atoms with Crippen LogP contribution in [0.4, 0.5) is 0 Å². The van der Waals surface area contributed by atoms with Crippen LogP contribution in [0.15, 0.2) is 6.07 Å². The van der Waals surface area contributed by atoms with Crippen molar-refractivity contribution in [2.24, 2.45) is 0 Å². The van der Waals surface area contributed by atoms with Crippen LogP contribution in [0, 0.1) is 13.8 Å². The average molecular weight is 235 g/mol. The highest BCUT2D eigenvalue weighted by molar-refractivity contribution is 5.97. The van der Waals surface area contributed by atoms with E-state index in [0.717, 1.165) is 5.69 Å². The average Bonchev–Trinajstić information content (AvgIpc) is 2.63. The van der Waals surface area contributed by atoms with Crippen molar-refractivity contribution in [2.75, 3.05) is 14.2 Å². The van der Waals surface area contributed by atoms with Crippen LogP contribution in [0.1, 0.15) is 21.7 Å². The highest BCUT2D eigenvalue weighted by atomic mass is 16.5. The smallest absolute Gasteiger partial charge is 0.343 e. The van der Waals surface area contributed by atoms with Gasteiger partial charge in [0, 0.05) is 11.8 Å². The Morgan fingerprint density at radius 1 is 1.35 bits per heavy atom. The van der Waals surface area contributed by atoms with E-state index in [1.807, 2.05) is 6.92 Å². The van der Waals surface area contributed by atoms with Crippen LogP contribution in [0.3, 0.4) is 0 Å². The molecule has 0 atom stereocenters. The van der Waals surface area contributed by atoms with E-state index >= 15 is 0 Å². The third-order valence-electron chi connectivity index (χ3n) is 2.46. The Morgan fingerprint density at radius 2 is 2.06 bits per heavy atom. The van der Waals surface area contributed by atoms with E-state index in [2.05, 4.69) is 10.1 Å². The lowest BCUT2D eigenvalue weighted by Gasteiger charge is -2.04. The Bertz CT molecular complexity index is 589. The second-order valence-electron chi connectivity index (χ2n) is 3.63. The molecule has 2 aromatic heterocycles. The van der Waals surface area contributed by atoms with E-state index in [0.29, 0.717) is 22.8 Å². The molecule has 0 radical (unpaired) electrons. The van der Waals surface area contributed by atoms with Crippen molar-refractivity contribution in [3.05, 3.63) is 23.0 Å². The quantitative estimate of drug-likeness (QED) is 0.730. The number of carbonyl (C=O) groups excluding carboxylic acids is 1. The largest absolute Gasteiger partial charge is 0.481 e. The number of carbonyl (C=O) groups is 1. The first-order chi connectivity index (χ1) is 8.08. The number of methoxy groups -OCH3 is 2. The van der Waals surface area contributed by atoms with Gasteiger partial charge in [0.25, 0.3) is 0 Å². The number of fused-ring (bicyclic) bond motifs is 1. The van der Waals surface area contributed by atoms with Crippen molar-refractivity contribution in [2.45, 2.75) is 13.8 Å². The molecule has 0 aromatic carbocycles. The lowest BCUT2D eigenvalue weighted by Crippen LogP contribution is -2.04. The van der Waals surface area contributed by atoms with Crippen LogP contribution in [0.2, 0.25) is 0 Å². The normalized spacial score (nSPS) is 10.6. The summed E-state index contributed by atoms with van der Waals surface area (Å²) in [7, 11) is 2.88. The molecule has 6 heteroatoms. The second kappa shape index (κ2) is 4.04. The third-order valence-corrected chi connectivity index (χ3v) is 2.46. The molecule has 0 aliphatic carbocycles. The zero-order valence-electron chi connectivity index (χ0n) is 10.1. The summed E-state index contributed by atoms with van der Waals surface area (Å²) < 4.78 is 11.4. The van der Waals surface area contributed by atoms with E-state index in [9.17, 15) is 4.79 Å². The fourth-order valence-electron chi connectivity index (χ4n) is 1.70. The van der Waals surface area contributed by atoms with E-state index in [1.54, 1.807) is 20.1 Å². The molecule has 0 N–H and O–H groups in total. The van der Waals surface area contributed by atoms with Gasteiger partial charge in [0.15, 0.2) is 5.65 Å². The molecule has 0 bridgehead atoms. The van der Waals surface area contributed by atoms with Crippen molar-refractivity contribution >= 4 is 11.6 Å². The summed E-state index contributed by atoms with van der Waals surface area (Å²) in [6.45, 7) is 3.56. The summed E-state index contributed by atoms with van der Waals surface area (Å²) in [5.41, 5.74) is 2.13. The topological polar surface area (TPSA) is 65.7 Å². The summed E-state index contributed by atoms with van der Waals surface area (Å²) in [4.78, 5) is 16.0. The Labute approximate surface area is 98.2 Å². The summed E-state index contributed by atoms with van der Waals surface area (Å²) in [6, 6.07) is 1.75. The first-order valence-corrected chi connectivity index (χ1v) is 5.07. The Balaban J connectivity index is 2.81. The molecule has 0 aliphatic heterocycles. The van der Waals surface area contributed by atoms with E-state index in [4.69, 9.17) is 9.47 Å². The Kier molecular flexibility index (Phi) is 2.71. The van der Waals surface area contributed by atoms with Crippen LogP contribution in [-0.4, -0.2) is 34.8 Å². The summed E-state index contributed by atoms with van der Waals surface area (Å²) in [6.07, 6.45) is 0. The number of hydrogen-bond donors (Lipinski definition) is 0. The molecule has 0 spiro atoms. The first-order valence-electron chi connectivity index (χ1n) is 5.07. The van der Waals surface area contributed by atoms with Gasteiger partial charge in [-0.15, -0.1) is 0 Å². The SMILES string of the molecule is COC(=O)c1c(C)nn2c(OC)cc(C)nc12. The molecular weight excluding hydrogens is 222 g/mol. The molecule has 17 heavy (non-hydrogen) atoms. The van der Waals surface area contributed by atoms with Gasteiger partial charge in [-0.25, -0.2) is 9.78 Å². The number of aromatic nitrogens is 3. The van der Waals surface area contributed by atoms with E-state index in [-0.39, 0.29) is 0 Å². The van der Waals surface area contributed by atoms with E-state index in [1.165, 1.54) is 11.6 Å². The summed E-state index contributed by atoms with van der Waals surface area (Å²) in [5.74, 6) is 0.0865. The van der Waals surface area contributed by atoms with Crippen LogP contribution in [-0.2, 0) is 4.74 Å². The van der Waals surface area contributed by atoms with Crippen molar-refractivity contribution in [1.82, 2.24) is 14.6 Å². The molecule has 0 aliphatic rings. The maximum Gasteiger partial charge on any atom is 0.343 e. The number of esters is 1. The number of nitrogens with zero attached hydrogens (tertiary/aromatic N) is 3. The van der Waals surface area contributed by atoms with Gasteiger partial charge in [-0.1, -0.05) is 0 Å². The highest BCUT2D eigenvalue weighted by Crippen LogP contribution is 2.20. The second-order valence-corrected chi connectivity index (χ2v) is 3.63. The Morgan fingerprint density at radius 3 is 2.65 bits per heavy atom. The molecule has 0 amide bonds. The molecular formula is C11H13N3O3. The van der Waals surface area contributed by atoms with Gasteiger partial charge in [-0.3, -0.25) is 0 Å². The number of hydrogen-bond acceptors (Lipinski definition) is 5. The van der Waals surface area contributed by atoms with Crippen molar-refractivity contribution in [1.29, 1.82) is 0 Å². The lowest BCUT2D eigenvalue weighted by molar-refractivity contribution is 0.0602. The summed E-state index contributed by atoms with van der Waals surface area (Å²) in [5, 5.41) is 4.22. The van der Waals surface area contributed by atoms with Gasteiger partial charge >= 0.3 is 5.97 Å². The minimum atomic E-state index is -0.447. The van der Waals surface area contributed by atoms with Crippen LogP contribution >= 0.6 is 0 Å². The number of ether oxygens (including phenoxy) is 2. The van der Waals surface area contributed by atoms with Gasteiger partial charge in [-0.2, -0.15) is 9.61 Å². The molecule has 2 rings (SSSR count). The predicted molar refractivity (Wildman–Crippen MR) is 60.4 cm³/mol. The molecule has 0 fully saturated rings. The fraction of sp³-hybridized carbons (Fsp3) is 0.364.